The minimum absolute atomic E-state index is 0.198. The SMILES string of the molecule is CCNc1cc(CC)nc(CSc2ccccc2F)n1. The summed E-state index contributed by atoms with van der Waals surface area (Å²) in [5.74, 6) is 1.93. The zero-order valence-corrected chi connectivity index (χ0v) is 12.5. The molecular weight excluding hydrogens is 273 g/mol. The Morgan fingerprint density at radius 2 is 2.00 bits per heavy atom. The molecule has 1 aromatic carbocycles. The van der Waals surface area contributed by atoms with Gasteiger partial charge in [0.1, 0.15) is 17.5 Å². The van der Waals surface area contributed by atoms with Crippen molar-refractivity contribution in [2.75, 3.05) is 11.9 Å². The molecule has 1 heterocycles. The molecule has 2 aromatic rings. The number of hydrogen-bond acceptors (Lipinski definition) is 4. The van der Waals surface area contributed by atoms with Crippen LogP contribution in [0, 0.1) is 5.82 Å². The molecule has 0 atom stereocenters. The minimum atomic E-state index is -0.198. The molecule has 0 unspecified atom stereocenters. The second-order valence-electron chi connectivity index (χ2n) is 4.26. The Balaban J connectivity index is 2.12. The van der Waals surface area contributed by atoms with E-state index in [2.05, 4.69) is 22.2 Å². The van der Waals surface area contributed by atoms with E-state index in [4.69, 9.17) is 0 Å². The van der Waals surface area contributed by atoms with Gasteiger partial charge in [0.15, 0.2) is 0 Å². The summed E-state index contributed by atoms with van der Waals surface area (Å²) in [6.07, 6.45) is 0.859. The van der Waals surface area contributed by atoms with Gasteiger partial charge >= 0.3 is 0 Å². The second kappa shape index (κ2) is 7.24. The zero-order chi connectivity index (χ0) is 14.4. The number of rotatable bonds is 6. The predicted molar refractivity (Wildman–Crippen MR) is 81.5 cm³/mol. The van der Waals surface area contributed by atoms with Crippen LogP contribution < -0.4 is 5.32 Å². The lowest BCUT2D eigenvalue weighted by atomic mass is 10.3. The zero-order valence-electron chi connectivity index (χ0n) is 11.7. The van der Waals surface area contributed by atoms with Gasteiger partial charge in [-0.15, -0.1) is 11.8 Å². The van der Waals surface area contributed by atoms with Crippen molar-refractivity contribution in [2.24, 2.45) is 0 Å². The summed E-state index contributed by atoms with van der Waals surface area (Å²) < 4.78 is 13.6. The van der Waals surface area contributed by atoms with Gasteiger partial charge < -0.3 is 5.32 Å². The van der Waals surface area contributed by atoms with Crippen LogP contribution in [0.5, 0.6) is 0 Å². The summed E-state index contributed by atoms with van der Waals surface area (Å²) in [5, 5.41) is 3.20. The first kappa shape index (κ1) is 14.8. The lowest BCUT2D eigenvalue weighted by molar-refractivity contribution is 0.602. The summed E-state index contributed by atoms with van der Waals surface area (Å²) in [6, 6.07) is 8.72. The standard InChI is InChI=1S/C15H18FN3S/c1-3-11-9-14(17-4-2)19-15(18-11)10-20-13-8-6-5-7-12(13)16/h5-9H,3-4,10H2,1-2H3,(H,17,18,19). The highest BCUT2D eigenvalue weighted by molar-refractivity contribution is 7.98. The molecule has 0 radical (unpaired) electrons. The van der Waals surface area contributed by atoms with Crippen LogP contribution >= 0.6 is 11.8 Å². The highest BCUT2D eigenvalue weighted by Gasteiger charge is 2.06. The molecule has 0 spiro atoms. The summed E-state index contributed by atoms with van der Waals surface area (Å²) in [5.41, 5.74) is 1.00. The van der Waals surface area contributed by atoms with E-state index in [0.29, 0.717) is 10.6 Å². The van der Waals surface area contributed by atoms with Gasteiger partial charge in [0.05, 0.1) is 5.75 Å². The molecular formula is C15H18FN3S. The number of thioether (sulfide) groups is 1. The van der Waals surface area contributed by atoms with E-state index >= 15 is 0 Å². The van der Waals surface area contributed by atoms with Gasteiger partial charge in [-0.25, -0.2) is 14.4 Å². The lowest BCUT2D eigenvalue weighted by Gasteiger charge is -2.08. The molecule has 3 nitrogen and oxygen atoms in total. The van der Waals surface area contributed by atoms with Gasteiger partial charge in [-0.2, -0.15) is 0 Å². The molecule has 0 aliphatic carbocycles. The van der Waals surface area contributed by atoms with E-state index in [-0.39, 0.29) is 5.82 Å². The molecule has 1 N–H and O–H groups in total. The van der Waals surface area contributed by atoms with Crippen LogP contribution in [-0.2, 0) is 12.2 Å². The Morgan fingerprint density at radius 3 is 2.70 bits per heavy atom. The monoisotopic (exact) mass is 291 g/mol. The summed E-state index contributed by atoms with van der Waals surface area (Å²) >= 11 is 1.42. The number of anilines is 1. The average Bonchev–Trinajstić information content (AvgIpc) is 2.46. The smallest absolute Gasteiger partial charge is 0.141 e. The molecule has 2 rings (SSSR count). The molecule has 106 valence electrons. The number of aromatic nitrogens is 2. The normalized spacial score (nSPS) is 10.6. The number of nitrogens with one attached hydrogen (secondary N) is 1. The van der Waals surface area contributed by atoms with Crippen molar-refractivity contribution in [2.45, 2.75) is 30.9 Å². The Bertz CT molecular complexity index is 575. The molecule has 0 aliphatic heterocycles. The van der Waals surface area contributed by atoms with Crippen molar-refractivity contribution >= 4 is 17.6 Å². The summed E-state index contributed by atoms with van der Waals surface area (Å²) in [6.45, 7) is 4.91. The quantitative estimate of drug-likeness (QED) is 0.819. The fraction of sp³-hybridized carbons (Fsp3) is 0.333. The number of benzene rings is 1. The maximum atomic E-state index is 13.6. The molecule has 0 bridgehead atoms. The van der Waals surface area contributed by atoms with E-state index in [1.165, 1.54) is 17.8 Å². The van der Waals surface area contributed by atoms with Crippen molar-refractivity contribution in [1.29, 1.82) is 0 Å². The third kappa shape index (κ3) is 3.93. The van der Waals surface area contributed by atoms with Gasteiger partial charge in [-0.05, 0) is 25.5 Å². The Labute approximate surface area is 123 Å². The van der Waals surface area contributed by atoms with E-state index in [0.717, 1.165) is 30.3 Å². The highest BCUT2D eigenvalue weighted by atomic mass is 32.2. The lowest BCUT2D eigenvalue weighted by Crippen LogP contribution is -2.05. The Morgan fingerprint density at radius 1 is 1.20 bits per heavy atom. The van der Waals surface area contributed by atoms with Gasteiger partial charge in [-0.3, -0.25) is 0 Å². The Kier molecular flexibility index (Phi) is 5.35. The van der Waals surface area contributed by atoms with E-state index in [1.54, 1.807) is 12.1 Å². The fourth-order valence-corrected chi connectivity index (χ4v) is 2.57. The molecule has 0 fully saturated rings. The van der Waals surface area contributed by atoms with Gasteiger partial charge in [0, 0.05) is 23.2 Å². The highest BCUT2D eigenvalue weighted by Crippen LogP contribution is 2.24. The molecule has 0 aliphatic rings. The third-order valence-electron chi connectivity index (χ3n) is 2.74. The van der Waals surface area contributed by atoms with Gasteiger partial charge in [-0.1, -0.05) is 19.1 Å². The van der Waals surface area contributed by atoms with Crippen molar-refractivity contribution in [3.8, 4) is 0 Å². The predicted octanol–water partition coefficient (Wildman–Crippen LogP) is 3.90. The van der Waals surface area contributed by atoms with Crippen molar-refractivity contribution < 1.29 is 4.39 Å². The van der Waals surface area contributed by atoms with Crippen LogP contribution in [0.4, 0.5) is 10.2 Å². The molecule has 1 aromatic heterocycles. The number of aryl methyl sites for hydroxylation is 1. The fourth-order valence-electron chi connectivity index (χ4n) is 1.77. The van der Waals surface area contributed by atoms with E-state index < -0.39 is 0 Å². The van der Waals surface area contributed by atoms with Crippen LogP contribution in [0.15, 0.2) is 35.2 Å². The maximum Gasteiger partial charge on any atom is 0.141 e. The summed E-state index contributed by atoms with van der Waals surface area (Å²) in [4.78, 5) is 9.56. The van der Waals surface area contributed by atoms with Crippen molar-refractivity contribution in [1.82, 2.24) is 9.97 Å². The summed E-state index contributed by atoms with van der Waals surface area (Å²) in [7, 11) is 0. The first-order chi connectivity index (χ1) is 9.72. The van der Waals surface area contributed by atoms with Crippen molar-refractivity contribution in [3.63, 3.8) is 0 Å². The number of hydrogen-bond donors (Lipinski definition) is 1. The minimum Gasteiger partial charge on any atom is -0.370 e. The van der Waals surface area contributed by atoms with Crippen LogP contribution in [0.25, 0.3) is 0 Å². The van der Waals surface area contributed by atoms with Crippen LogP contribution in [0.1, 0.15) is 25.4 Å². The number of nitrogens with zero attached hydrogens (tertiary/aromatic N) is 2. The van der Waals surface area contributed by atoms with Crippen molar-refractivity contribution in [3.05, 3.63) is 47.7 Å². The largest absolute Gasteiger partial charge is 0.370 e. The van der Waals surface area contributed by atoms with Crippen LogP contribution in [0.3, 0.4) is 0 Å². The molecule has 0 saturated carbocycles. The second-order valence-corrected chi connectivity index (χ2v) is 5.28. The molecule has 0 amide bonds. The molecule has 20 heavy (non-hydrogen) atoms. The first-order valence-corrected chi connectivity index (χ1v) is 7.69. The third-order valence-corrected chi connectivity index (χ3v) is 3.78. The van der Waals surface area contributed by atoms with Crippen LogP contribution in [-0.4, -0.2) is 16.5 Å². The van der Waals surface area contributed by atoms with E-state index in [1.807, 2.05) is 19.1 Å². The maximum absolute atomic E-state index is 13.6. The number of halogens is 1. The average molecular weight is 291 g/mol. The first-order valence-electron chi connectivity index (χ1n) is 6.71. The van der Waals surface area contributed by atoms with Crippen LogP contribution in [0.2, 0.25) is 0 Å². The molecule has 0 saturated heterocycles. The van der Waals surface area contributed by atoms with E-state index in [9.17, 15) is 4.39 Å². The topological polar surface area (TPSA) is 37.8 Å². The van der Waals surface area contributed by atoms with Gasteiger partial charge in [0.2, 0.25) is 0 Å². The Hall–Kier alpha value is -1.62. The molecule has 5 heteroatoms. The van der Waals surface area contributed by atoms with Gasteiger partial charge in [0.25, 0.3) is 0 Å².